The Labute approximate surface area is 154 Å². The molecule has 1 amide bonds. The highest BCUT2D eigenvalue weighted by Gasteiger charge is 2.19. The summed E-state index contributed by atoms with van der Waals surface area (Å²) in [5.74, 6) is 0.838. The maximum absolute atomic E-state index is 12.2. The van der Waals surface area contributed by atoms with E-state index in [2.05, 4.69) is 10.3 Å². The molecular formula is C18H24ClN3OS. The smallest absolute Gasteiger partial charge is 0.241 e. The molecule has 4 nitrogen and oxygen atoms in total. The lowest BCUT2D eigenvalue weighted by Crippen LogP contribution is -2.40. The maximum Gasteiger partial charge on any atom is 0.241 e. The van der Waals surface area contributed by atoms with Crippen LogP contribution in [-0.4, -0.2) is 16.9 Å². The van der Waals surface area contributed by atoms with Crippen LogP contribution >= 0.6 is 24.2 Å². The van der Waals surface area contributed by atoms with Gasteiger partial charge in [-0.05, 0) is 35.7 Å². The van der Waals surface area contributed by atoms with E-state index in [1.807, 2.05) is 56.3 Å². The van der Waals surface area contributed by atoms with Crippen LogP contribution in [0.15, 0.2) is 53.7 Å². The van der Waals surface area contributed by atoms with Crippen molar-refractivity contribution in [3.05, 3.63) is 54.2 Å². The predicted molar refractivity (Wildman–Crippen MR) is 104 cm³/mol. The number of aromatic nitrogens is 1. The van der Waals surface area contributed by atoms with Crippen molar-refractivity contribution >= 4 is 35.8 Å². The Morgan fingerprint density at radius 1 is 1.29 bits per heavy atom. The summed E-state index contributed by atoms with van der Waals surface area (Å²) in [6.07, 6.45) is 2.67. The summed E-state index contributed by atoms with van der Waals surface area (Å²) >= 11 is 1.67. The van der Waals surface area contributed by atoms with E-state index < -0.39 is 6.04 Å². The van der Waals surface area contributed by atoms with E-state index in [4.69, 9.17) is 5.73 Å². The van der Waals surface area contributed by atoms with Crippen LogP contribution in [-0.2, 0) is 10.5 Å². The Morgan fingerprint density at radius 2 is 2.08 bits per heavy atom. The molecule has 1 aromatic carbocycles. The van der Waals surface area contributed by atoms with Crippen LogP contribution in [0.3, 0.4) is 0 Å². The number of hydrogen-bond donors (Lipinski definition) is 2. The SMILES string of the molecule is CCC(C)C(N)C(=O)Nc1cccc(CSc2ccccn2)c1.Cl. The number of nitrogens with two attached hydrogens (primary N) is 1. The van der Waals surface area contributed by atoms with Gasteiger partial charge in [0.25, 0.3) is 0 Å². The van der Waals surface area contributed by atoms with Crippen LogP contribution in [0.1, 0.15) is 25.8 Å². The molecule has 0 fully saturated rings. The molecule has 1 heterocycles. The lowest BCUT2D eigenvalue weighted by molar-refractivity contribution is -0.118. The summed E-state index contributed by atoms with van der Waals surface area (Å²) in [7, 11) is 0. The maximum atomic E-state index is 12.2. The molecule has 2 atom stereocenters. The highest BCUT2D eigenvalue weighted by atomic mass is 35.5. The first-order valence-electron chi connectivity index (χ1n) is 7.79. The Balaban J connectivity index is 0.00000288. The fourth-order valence-electron chi connectivity index (χ4n) is 2.07. The van der Waals surface area contributed by atoms with Gasteiger partial charge in [-0.1, -0.05) is 38.5 Å². The summed E-state index contributed by atoms with van der Waals surface area (Å²) in [5, 5.41) is 3.89. The third kappa shape index (κ3) is 6.15. The molecule has 2 unspecified atom stereocenters. The van der Waals surface area contributed by atoms with Gasteiger partial charge in [-0.2, -0.15) is 0 Å². The molecule has 0 radical (unpaired) electrons. The van der Waals surface area contributed by atoms with Crippen molar-refractivity contribution in [3.63, 3.8) is 0 Å². The molecule has 0 aliphatic heterocycles. The molecule has 0 aliphatic rings. The molecule has 1 aromatic heterocycles. The second kappa shape index (κ2) is 10.3. The quantitative estimate of drug-likeness (QED) is 0.724. The Bertz CT molecular complexity index is 639. The molecule has 130 valence electrons. The molecule has 6 heteroatoms. The third-order valence-corrected chi connectivity index (χ3v) is 4.79. The van der Waals surface area contributed by atoms with Gasteiger partial charge in [0.2, 0.25) is 5.91 Å². The largest absolute Gasteiger partial charge is 0.325 e. The first-order valence-corrected chi connectivity index (χ1v) is 8.78. The van der Waals surface area contributed by atoms with Crippen LogP contribution in [0.25, 0.3) is 0 Å². The molecule has 0 aliphatic carbocycles. The molecule has 3 N–H and O–H groups in total. The number of anilines is 1. The fourth-order valence-corrected chi connectivity index (χ4v) is 2.87. The minimum Gasteiger partial charge on any atom is -0.325 e. The van der Waals surface area contributed by atoms with Crippen molar-refractivity contribution < 1.29 is 4.79 Å². The summed E-state index contributed by atoms with van der Waals surface area (Å²) in [6.45, 7) is 4.03. The molecule has 24 heavy (non-hydrogen) atoms. The zero-order chi connectivity index (χ0) is 16.7. The summed E-state index contributed by atoms with van der Waals surface area (Å²) < 4.78 is 0. The van der Waals surface area contributed by atoms with Crippen LogP contribution in [0.4, 0.5) is 5.69 Å². The molecule has 2 rings (SSSR count). The monoisotopic (exact) mass is 365 g/mol. The minimum atomic E-state index is -0.480. The number of amides is 1. The van der Waals surface area contributed by atoms with Gasteiger partial charge in [0.15, 0.2) is 0 Å². The number of nitrogens with zero attached hydrogens (tertiary/aromatic N) is 1. The van der Waals surface area contributed by atoms with Crippen molar-refractivity contribution in [1.82, 2.24) is 4.98 Å². The van der Waals surface area contributed by atoms with Crippen molar-refractivity contribution in [2.24, 2.45) is 11.7 Å². The topological polar surface area (TPSA) is 68.0 Å². The first kappa shape index (κ1) is 20.5. The molecule has 0 spiro atoms. The average Bonchev–Trinajstić information content (AvgIpc) is 2.59. The molecule has 0 bridgehead atoms. The van der Waals surface area contributed by atoms with E-state index in [0.717, 1.165) is 28.5 Å². The van der Waals surface area contributed by atoms with Crippen LogP contribution in [0.5, 0.6) is 0 Å². The lowest BCUT2D eigenvalue weighted by Gasteiger charge is -2.18. The Morgan fingerprint density at radius 3 is 2.75 bits per heavy atom. The van der Waals surface area contributed by atoms with Crippen LogP contribution in [0.2, 0.25) is 0 Å². The molecule has 0 saturated carbocycles. The third-order valence-electron chi connectivity index (χ3n) is 3.78. The van der Waals surface area contributed by atoms with E-state index in [1.165, 1.54) is 0 Å². The summed E-state index contributed by atoms with van der Waals surface area (Å²) in [5.41, 5.74) is 7.89. The van der Waals surface area contributed by atoms with Crippen molar-refractivity contribution in [2.45, 2.75) is 37.1 Å². The highest BCUT2D eigenvalue weighted by molar-refractivity contribution is 7.98. The number of halogens is 1. The fraction of sp³-hybridized carbons (Fsp3) is 0.333. The van der Waals surface area contributed by atoms with Gasteiger partial charge in [0.1, 0.15) is 0 Å². The second-order valence-corrected chi connectivity index (χ2v) is 6.55. The highest BCUT2D eigenvalue weighted by Crippen LogP contribution is 2.22. The van der Waals surface area contributed by atoms with Crippen LogP contribution < -0.4 is 11.1 Å². The molecule has 2 aromatic rings. The normalized spacial score (nSPS) is 12.8. The van der Waals surface area contributed by atoms with Gasteiger partial charge in [-0.3, -0.25) is 4.79 Å². The van der Waals surface area contributed by atoms with E-state index in [1.54, 1.807) is 18.0 Å². The number of hydrogen-bond acceptors (Lipinski definition) is 4. The number of nitrogens with one attached hydrogen (secondary N) is 1. The van der Waals surface area contributed by atoms with Gasteiger partial charge in [0, 0.05) is 17.6 Å². The molecule has 0 saturated heterocycles. The predicted octanol–water partition coefficient (Wildman–Crippen LogP) is 4.11. The van der Waals surface area contributed by atoms with Crippen molar-refractivity contribution in [2.75, 3.05) is 5.32 Å². The van der Waals surface area contributed by atoms with Crippen molar-refractivity contribution in [1.29, 1.82) is 0 Å². The number of thioether (sulfide) groups is 1. The van der Waals surface area contributed by atoms with Gasteiger partial charge < -0.3 is 11.1 Å². The van der Waals surface area contributed by atoms with Gasteiger partial charge in [-0.15, -0.1) is 24.2 Å². The average molecular weight is 366 g/mol. The summed E-state index contributed by atoms with van der Waals surface area (Å²) in [4.78, 5) is 16.4. The Hall–Kier alpha value is -1.56. The molecular weight excluding hydrogens is 342 g/mol. The number of pyridine rings is 1. The lowest BCUT2D eigenvalue weighted by atomic mass is 9.99. The Kier molecular flexibility index (Phi) is 8.82. The number of benzene rings is 1. The van der Waals surface area contributed by atoms with E-state index in [9.17, 15) is 4.79 Å². The number of rotatable bonds is 7. The second-order valence-electron chi connectivity index (χ2n) is 5.56. The van der Waals surface area contributed by atoms with Gasteiger partial charge in [0.05, 0.1) is 11.1 Å². The standard InChI is InChI=1S/C18H23N3OS.ClH/c1-3-13(2)17(19)18(22)21-15-8-6-7-14(11-15)12-23-16-9-4-5-10-20-16;/h4-11,13,17H,3,12,19H2,1-2H3,(H,21,22);1H. The number of carbonyl (C=O) groups excluding carboxylic acids is 1. The summed E-state index contributed by atoms with van der Waals surface area (Å²) in [6, 6.07) is 13.2. The zero-order valence-corrected chi connectivity index (χ0v) is 15.6. The van der Waals surface area contributed by atoms with Crippen molar-refractivity contribution in [3.8, 4) is 0 Å². The minimum absolute atomic E-state index is 0. The van der Waals surface area contributed by atoms with Crippen LogP contribution in [0, 0.1) is 5.92 Å². The van der Waals surface area contributed by atoms with Gasteiger partial charge in [-0.25, -0.2) is 4.98 Å². The number of carbonyl (C=O) groups is 1. The zero-order valence-electron chi connectivity index (χ0n) is 13.9. The van der Waals surface area contributed by atoms with E-state index in [-0.39, 0.29) is 24.2 Å². The van der Waals surface area contributed by atoms with E-state index in [0.29, 0.717) is 0 Å². The van der Waals surface area contributed by atoms with E-state index >= 15 is 0 Å². The first-order chi connectivity index (χ1) is 11.1. The van der Waals surface area contributed by atoms with Gasteiger partial charge >= 0.3 is 0 Å².